The van der Waals surface area contributed by atoms with E-state index in [1.54, 1.807) is 13.0 Å². The lowest BCUT2D eigenvalue weighted by molar-refractivity contribution is 0.300. The number of hydrogen-bond acceptors (Lipinski definition) is 3. The Morgan fingerprint density at radius 2 is 2.11 bits per heavy atom. The van der Waals surface area contributed by atoms with Crippen LogP contribution in [-0.4, -0.2) is 39.2 Å². The quantitative estimate of drug-likeness (QED) is 0.740. The van der Waals surface area contributed by atoms with Crippen LogP contribution in [0.25, 0.3) is 0 Å². The van der Waals surface area contributed by atoms with Crippen molar-refractivity contribution in [1.29, 1.82) is 0 Å². The van der Waals surface area contributed by atoms with E-state index in [9.17, 15) is 12.8 Å². The first-order valence-corrected chi connectivity index (χ1v) is 7.15. The first-order valence-electron chi connectivity index (χ1n) is 5.54. The van der Waals surface area contributed by atoms with E-state index in [2.05, 4.69) is 6.07 Å². The summed E-state index contributed by atoms with van der Waals surface area (Å²) in [5.41, 5.74) is 0.383. The second-order valence-corrected chi connectivity index (χ2v) is 6.38. The van der Waals surface area contributed by atoms with E-state index in [0.29, 0.717) is 12.0 Å². The molecule has 0 aromatic heterocycles. The number of hydrogen-bond donors (Lipinski definition) is 0. The zero-order valence-corrected chi connectivity index (χ0v) is 11.6. The van der Waals surface area contributed by atoms with E-state index in [4.69, 9.17) is 4.74 Å². The van der Waals surface area contributed by atoms with Gasteiger partial charge in [-0.05, 0) is 31.0 Å². The first-order chi connectivity index (χ1) is 8.34. The van der Waals surface area contributed by atoms with Crippen molar-refractivity contribution in [3.63, 3.8) is 0 Å². The lowest BCUT2D eigenvalue weighted by Crippen LogP contribution is -2.25. The van der Waals surface area contributed by atoms with E-state index in [1.165, 1.54) is 20.2 Å². The fraction of sp³-hybridized carbons (Fsp3) is 0.500. The van der Waals surface area contributed by atoms with Crippen LogP contribution in [0.2, 0.25) is 0 Å². The average Bonchev–Trinajstić information content (AvgIpc) is 2.29. The molecule has 18 heavy (non-hydrogen) atoms. The van der Waals surface area contributed by atoms with Crippen LogP contribution >= 0.6 is 0 Å². The Bertz CT molecular complexity index is 500. The van der Waals surface area contributed by atoms with Crippen LogP contribution in [0.5, 0.6) is 5.75 Å². The smallest absolute Gasteiger partial charge is 0.213 e. The highest BCUT2D eigenvalue weighted by Crippen LogP contribution is 2.19. The molecule has 0 atom stereocenters. The molecule has 1 aromatic carbocycles. The summed E-state index contributed by atoms with van der Waals surface area (Å²) in [7, 11) is -0.261. The molecule has 1 radical (unpaired) electrons. The molecule has 0 unspecified atom stereocenters. The highest BCUT2D eigenvalue weighted by molar-refractivity contribution is 7.89. The summed E-state index contributed by atoms with van der Waals surface area (Å²) >= 11 is 0. The maximum absolute atomic E-state index is 13.5. The highest BCUT2D eigenvalue weighted by Gasteiger charge is 2.13. The molecule has 6 heteroatoms. The van der Waals surface area contributed by atoms with Crippen molar-refractivity contribution in [3.05, 3.63) is 29.6 Å². The van der Waals surface area contributed by atoms with Crippen molar-refractivity contribution in [1.82, 2.24) is 4.31 Å². The van der Waals surface area contributed by atoms with Gasteiger partial charge in [-0.25, -0.2) is 17.1 Å². The van der Waals surface area contributed by atoms with Crippen LogP contribution in [0.3, 0.4) is 0 Å². The fourth-order valence-electron chi connectivity index (χ4n) is 1.28. The Morgan fingerprint density at radius 3 is 2.72 bits per heavy atom. The van der Waals surface area contributed by atoms with Crippen molar-refractivity contribution in [2.45, 2.75) is 13.3 Å². The third-order valence-electron chi connectivity index (χ3n) is 2.44. The molecule has 0 N–H and O–H groups in total. The Hall–Kier alpha value is -1.14. The van der Waals surface area contributed by atoms with Gasteiger partial charge in [0.2, 0.25) is 10.0 Å². The number of halogens is 1. The fourth-order valence-corrected chi connectivity index (χ4v) is 2.13. The van der Waals surface area contributed by atoms with Gasteiger partial charge < -0.3 is 4.74 Å². The van der Waals surface area contributed by atoms with Gasteiger partial charge in [-0.1, -0.05) is 6.07 Å². The molecule has 0 saturated heterocycles. The number of aryl methyl sites for hydroxylation is 1. The van der Waals surface area contributed by atoms with Crippen LogP contribution in [0.1, 0.15) is 12.0 Å². The van der Waals surface area contributed by atoms with Crippen molar-refractivity contribution in [2.24, 2.45) is 0 Å². The van der Waals surface area contributed by atoms with Gasteiger partial charge in [0, 0.05) is 14.1 Å². The molecule has 0 heterocycles. The first kappa shape index (κ1) is 14.9. The van der Waals surface area contributed by atoms with Crippen LogP contribution in [0.4, 0.5) is 4.39 Å². The van der Waals surface area contributed by atoms with Gasteiger partial charge in [0.05, 0.1) is 12.4 Å². The minimum atomic E-state index is -3.22. The predicted molar refractivity (Wildman–Crippen MR) is 67.6 cm³/mol. The maximum atomic E-state index is 13.5. The standard InChI is InChI=1S/C12H17FNO3S/c1-10-6-4-7-11(12(10)13)17-8-5-9-18(15,16)14(2)3/h4,7H,5,8-9H2,1-3H3. The van der Waals surface area contributed by atoms with Gasteiger partial charge >= 0.3 is 0 Å². The summed E-state index contributed by atoms with van der Waals surface area (Å²) in [6.07, 6.45) is 0.317. The molecule has 0 bridgehead atoms. The van der Waals surface area contributed by atoms with Gasteiger partial charge in [-0.3, -0.25) is 0 Å². The summed E-state index contributed by atoms with van der Waals surface area (Å²) in [6, 6.07) is 5.76. The number of benzene rings is 1. The molecule has 0 spiro atoms. The molecule has 0 fully saturated rings. The molecule has 0 aliphatic heterocycles. The summed E-state index contributed by atoms with van der Waals surface area (Å²) in [5.74, 6) is -0.332. The largest absolute Gasteiger partial charge is 0.490 e. The van der Waals surface area contributed by atoms with Gasteiger partial charge in [0.25, 0.3) is 0 Å². The molecular formula is C12H17FNO3S. The molecule has 4 nitrogen and oxygen atoms in total. The van der Waals surface area contributed by atoms with Crippen LogP contribution in [-0.2, 0) is 10.0 Å². The third-order valence-corrected chi connectivity index (χ3v) is 4.36. The topological polar surface area (TPSA) is 46.6 Å². The summed E-state index contributed by atoms with van der Waals surface area (Å²) in [6.45, 7) is 1.76. The minimum absolute atomic E-state index is 0.0143. The van der Waals surface area contributed by atoms with E-state index < -0.39 is 15.8 Å². The van der Waals surface area contributed by atoms with Gasteiger partial charge in [0.15, 0.2) is 11.6 Å². The number of sulfonamides is 1. The normalized spacial score (nSPS) is 11.8. The van der Waals surface area contributed by atoms with Crippen molar-refractivity contribution in [2.75, 3.05) is 26.5 Å². The van der Waals surface area contributed by atoms with Gasteiger partial charge in [-0.2, -0.15) is 0 Å². The molecule has 1 aromatic rings. The molecule has 101 valence electrons. The molecular weight excluding hydrogens is 257 g/mol. The van der Waals surface area contributed by atoms with Crippen molar-refractivity contribution < 1.29 is 17.5 Å². The summed E-state index contributed by atoms with van der Waals surface area (Å²) in [5, 5.41) is 0. The van der Waals surface area contributed by atoms with E-state index in [1.807, 2.05) is 0 Å². The van der Waals surface area contributed by atoms with E-state index >= 15 is 0 Å². The Kier molecular flexibility index (Phi) is 5.10. The number of rotatable bonds is 6. The molecule has 0 aliphatic rings. The summed E-state index contributed by atoms with van der Waals surface area (Å²) in [4.78, 5) is 0. The van der Waals surface area contributed by atoms with Gasteiger partial charge in [0.1, 0.15) is 0 Å². The molecule has 1 rings (SSSR count). The van der Waals surface area contributed by atoms with Crippen LogP contribution < -0.4 is 4.74 Å². The number of ether oxygens (including phenoxy) is 1. The second kappa shape index (κ2) is 6.15. The SMILES string of the molecule is Cc1[c]ccc(OCCCS(=O)(=O)N(C)C)c1F. The lowest BCUT2D eigenvalue weighted by Gasteiger charge is -2.12. The maximum Gasteiger partial charge on any atom is 0.213 e. The molecule has 0 aliphatic carbocycles. The summed E-state index contributed by atoms with van der Waals surface area (Å²) < 4.78 is 42.8. The Balaban J connectivity index is 2.46. The van der Waals surface area contributed by atoms with Crippen LogP contribution in [0, 0.1) is 18.8 Å². The average molecular weight is 274 g/mol. The Morgan fingerprint density at radius 1 is 1.44 bits per heavy atom. The van der Waals surface area contributed by atoms with Crippen LogP contribution in [0.15, 0.2) is 12.1 Å². The minimum Gasteiger partial charge on any atom is -0.490 e. The lowest BCUT2D eigenvalue weighted by atomic mass is 10.2. The Labute approximate surface area is 107 Å². The van der Waals surface area contributed by atoms with Crippen molar-refractivity contribution in [3.8, 4) is 5.75 Å². The van der Waals surface area contributed by atoms with Crippen molar-refractivity contribution >= 4 is 10.0 Å². The zero-order chi connectivity index (χ0) is 13.8. The van der Waals surface area contributed by atoms with E-state index in [-0.39, 0.29) is 18.1 Å². The monoisotopic (exact) mass is 274 g/mol. The van der Waals surface area contributed by atoms with E-state index in [0.717, 1.165) is 4.31 Å². The zero-order valence-electron chi connectivity index (χ0n) is 10.7. The van der Waals surface area contributed by atoms with Gasteiger partial charge in [-0.15, -0.1) is 0 Å². The predicted octanol–water partition coefficient (Wildman–Crippen LogP) is 1.59. The third kappa shape index (κ3) is 3.96. The highest BCUT2D eigenvalue weighted by atomic mass is 32.2. The molecule has 0 amide bonds. The molecule has 0 saturated carbocycles. The second-order valence-electron chi connectivity index (χ2n) is 4.08. The number of nitrogens with zero attached hydrogens (tertiary/aromatic N) is 1.